The summed E-state index contributed by atoms with van der Waals surface area (Å²) < 4.78 is 48.8. The minimum Gasteiger partial charge on any atom is -0.470 e. The molecule has 4 aliphatic rings. The molecular weight excluding hydrogens is 363 g/mol. The predicted octanol–water partition coefficient (Wildman–Crippen LogP) is 3.66. The molecular formula is C18H22F3N3O3. The third kappa shape index (κ3) is 3.21. The number of nitrogens with zero attached hydrogens (tertiary/aromatic N) is 3. The van der Waals surface area contributed by atoms with E-state index in [2.05, 4.69) is 9.97 Å². The highest BCUT2D eigenvalue weighted by molar-refractivity contribution is 5.69. The van der Waals surface area contributed by atoms with Crippen LogP contribution in [0.3, 0.4) is 0 Å². The number of hydrogen-bond donors (Lipinski definition) is 0. The average Bonchev–Trinajstić information content (AvgIpc) is 2.39. The number of ether oxygens (including phenoxy) is 2. The molecule has 2 bridgehead atoms. The van der Waals surface area contributed by atoms with E-state index in [9.17, 15) is 18.0 Å². The van der Waals surface area contributed by atoms with Crippen LogP contribution in [0.1, 0.15) is 45.7 Å². The molecule has 3 saturated carbocycles. The van der Waals surface area contributed by atoms with Crippen molar-refractivity contribution in [3.63, 3.8) is 0 Å². The van der Waals surface area contributed by atoms with Crippen molar-refractivity contribution < 1.29 is 27.4 Å². The van der Waals surface area contributed by atoms with Crippen LogP contribution in [0.4, 0.5) is 18.0 Å². The molecule has 0 spiro atoms. The standard InChI is InChI=1S/C18H22F3N3O3/c1-15(2,3)27-14(25)24-6-11(7-24)16-8-17(9-16,10-16)26-13-5-22-12(4-23-13)18(19,20)21/h4-5,11H,6-10H2,1-3H3. The van der Waals surface area contributed by atoms with Crippen LogP contribution >= 0.6 is 0 Å². The van der Waals surface area contributed by atoms with Crippen molar-refractivity contribution in [2.24, 2.45) is 11.3 Å². The third-order valence-electron chi connectivity index (χ3n) is 5.66. The van der Waals surface area contributed by atoms with Gasteiger partial charge in [-0.25, -0.2) is 14.8 Å². The lowest BCUT2D eigenvalue weighted by Crippen LogP contribution is -2.76. The molecule has 9 heteroatoms. The van der Waals surface area contributed by atoms with E-state index in [-0.39, 0.29) is 23.0 Å². The lowest BCUT2D eigenvalue weighted by molar-refractivity contribution is -0.283. The second-order valence-electron chi connectivity index (χ2n) is 9.00. The summed E-state index contributed by atoms with van der Waals surface area (Å²) >= 11 is 0. The first-order valence-electron chi connectivity index (χ1n) is 8.96. The highest BCUT2D eigenvalue weighted by atomic mass is 19.4. The first-order chi connectivity index (χ1) is 12.4. The van der Waals surface area contributed by atoms with Gasteiger partial charge in [0.25, 0.3) is 0 Å². The van der Waals surface area contributed by atoms with Crippen LogP contribution in [0.5, 0.6) is 5.88 Å². The van der Waals surface area contributed by atoms with Gasteiger partial charge >= 0.3 is 12.3 Å². The summed E-state index contributed by atoms with van der Waals surface area (Å²) in [6, 6.07) is 0. The Hall–Kier alpha value is -2.06. The molecule has 0 N–H and O–H groups in total. The average molecular weight is 385 g/mol. The van der Waals surface area contributed by atoms with E-state index in [1.165, 1.54) is 0 Å². The molecule has 1 aromatic heterocycles. The first-order valence-corrected chi connectivity index (χ1v) is 8.96. The number of carbonyl (C=O) groups is 1. The Morgan fingerprint density at radius 2 is 1.78 bits per heavy atom. The fourth-order valence-electron chi connectivity index (χ4n) is 4.39. The van der Waals surface area contributed by atoms with Gasteiger partial charge in [0, 0.05) is 19.0 Å². The van der Waals surface area contributed by atoms with Gasteiger partial charge in [-0.1, -0.05) is 0 Å². The van der Waals surface area contributed by atoms with Crippen LogP contribution in [0.2, 0.25) is 0 Å². The Kier molecular flexibility index (Phi) is 3.72. The van der Waals surface area contributed by atoms with Crippen molar-refractivity contribution in [3.05, 3.63) is 18.1 Å². The second kappa shape index (κ2) is 5.48. The minimum absolute atomic E-state index is 0.125. The molecule has 2 heterocycles. The molecule has 0 radical (unpaired) electrons. The number of hydrogen-bond acceptors (Lipinski definition) is 5. The predicted molar refractivity (Wildman–Crippen MR) is 88.0 cm³/mol. The second-order valence-corrected chi connectivity index (χ2v) is 9.00. The monoisotopic (exact) mass is 385 g/mol. The Morgan fingerprint density at radius 3 is 2.26 bits per heavy atom. The van der Waals surface area contributed by atoms with Crippen molar-refractivity contribution in [1.82, 2.24) is 14.9 Å². The van der Waals surface area contributed by atoms with E-state index in [1.807, 2.05) is 20.8 Å². The summed E-state index contributed by atoms with van der Waals surface area (Å²) in [6.07, 6.45) is -0.530. The maximum atomic E-state index is 12.5. The van der Waals surface area contributed by atoms with Crippen LogP contribution in [-0.4, -0.2) is 45.3 Å². The van der Waals surface area contributed by atoms with Crippen molar-refractivity contribution in [2.75, 3.05) is 13.1 Å². The number of halogens is 3. The summed E-state index contributed by atoms with van der Waals surface area (Å²) in [5.41, 5.74) is -1.68. The number of carbonyl (C=O) groups excluding carboxylic acids is 1. The molecule has 5 rings (SSSR count). The quantitative estimate of drug-likeness (QED) is 0.795. The number of alkyl halides is 3. The summed E-state index contributed by atoms with van der Waals surface area (Å²) in [7, 11) is 0. The molecule has 1 aromatic rings. The summed E-state index contributed by atoms with van der Waals surface area (Å²) in [4.78, 5) is 20.8. The Labute approximate surface area is 155 Å². The van der Waals surface area contributed by atoms with Crippen LogP contribution < -0.4 is 4.74 Å². The number of aromatic nitrogens is 2. The van der Waals surface area contributed by atoms with Gasteiger partial charge in [0.2, 0.25) is 5.88 Å². The van der Waals surface area contributed by atoms with Crippen molar-refractivity contribution in [3.8, 4) is 5.88 Å². The normalized spacial score (nSPS) is 30.1. The Morgan fingerprint density at radius 1 is 1.15 bits per heavy atom. The van der Waals surface area contributed by atoms with Gasteiger partial charge < -0.3 is 14.4 Å². The third-order valence-corrected chi connectivity index (χ3v) is 5.66. The van der Waals surface area contributed by atoms with E-state index >= 15 is 0 Å². The molecule has 6 nitrogen and oxygen atoms in total. The Bertz CT molecular complexity index is 732. The maximum absolute atomic E-state index is 12.5. The van der Waals surface area contributed by atoms with Crippen molar-refractivity contribution in [1.29, 1.82) is 0 Å². The van der Waals surface area contributed by atoms with Gasteiger partial charge in [0.05, 0.1) is 12.4 Å². The Balaban J connectivity index is 1.26. The zero-order valence-electron chi connectivity index (χ0n) is 15.5. The zero-order valence-corrected chi connectivity index (χ0v) is 15.5. The molecule has 1 amide bonds. The minimum atomic E-state index is -4.50. The number of likely N-dealkylation sites (tertiary alicyclic amines) is 1. The molecule has 0 atom stereocenters. The molecule has 27 heavy (non-hydrogen) atoms. The smallest absolute Gasteiger partial charge is 0.434 e. The largest absolute Gasteiger partial charge is 0.470 e. The molecule has 0 unspecified atom stereocenters. The van der Waals surface area contributed by atoms with Crippen LogP contribution in [-0.2, 0) is 10.9 Å². The van der Waals surface area contributed by atoms with E-state index < -0.39 is 17.5 Å². The summed E-state index contributed by atoms with van der Waals surface area (Å²) in [5, 5.41) is 0. The lowest BCUT2D eigenvalue weighted by atomic mass is 9.36. The van der Waals surface area contributed by atoms with Gasteiger partial charge in [-0.3, -0.25) is 0 Å². The molecule has 1 saturated heterocycles. The van der Waals surface area contributed by atoms with Crippen LogP contribution in [0, 0.1) is 11.3 Å². The van der Waals surface area contributed by atoms with E-state index in [0.717, 1.165) is 25.5 Å². The van der Waals surface area contributed by atoms with Gasteiger partial charge in [0.1, 0.15) is 11.2 Å². The van der Waals surface area contributed by atoms with Crippen molar-refractivity contribution in [2.45, 2.75) is 57.4 Å². The highest BCUT2D eigenvalue weighted by Crippen LogP contribution is 2.73. The molecule has 0 aromatic carbocycles. The van der Waals surface area contributed by atoms with Gasteiger partial charge in [0.15, 0.2) is 5.69 Å². The number of rotatable bonds is 3. The molecule has 1 aliphatic heterocycles. The SMILES string of the molecule is CC(C)(C)OC(=O)N1CC(C23CC(Oc4cnc(C(F)(F)F)cn4)(C2)C3)C1. The summed E-state index contributed by atoms with van der Waals surface area (Å²) in [5.74, 6) is 0.550. The van der Waals surface area contributed by atoms with Gasteiger partial charge in [-0.15, -0.1) is 0 Å². The molecule has 148 valence electrons. The van der Waals surface area contributed by atoms with E-state index in [4.69, 9.17) is 9.47 Å². The molecule has 3 aliphatic carbocycles. The molecule has 4 fully saturated rings. The topological polar surface area (TPSA) is 64.5 Å². The number of amides is 1. The van der Waals surface area contributed by atoms with Gasteiger partial charge in [-0.05, 0) is 45.4 Å². The lowest BCUT2D eigenvalue weighted by Gasteiger charge is -2.73. The highest BCUT2D eigenvalue weighted by Gasteiger charge is 2.74. The van der Waals surface area contributed by atoms with E-state index in [1.54, 1.807) is 4.90 Å². The fourth-order valence-corrected chi connectivity index (χ4v) is 4.39. The van der Waals surface area contributed by atoms with Crippen LogP contribution in [0.15, 0.2) is 12.4 Å². The fraction of sp³-hybridized carbons (Fsp3) is 0.722. The first kappa shape index (κ1) is 18.3. The van der Waals surface area contributed by atoms with Crippen LogP contribution in [0.25, 0.3) is 0 Å². The van der Waals surface area contributed by atoms with Crippen molar-refractivity contribution >= 4 is 6.09 Å². The van der Waals surface area contributed by atoms with Gasteiger partial charge in [-0.2, -0.15) is 13.2 Å². The summed E-state index contributed by atoms with van der Waals surface area (Å²) in [6.45, 7) is 6.90. The maximum Gasteiger partial charge on any atom is 0.434 e. The zero-order chi connectivity index (χ0) is 19.7. The van der Waals surface area contributed by atoms with E-state index in [0.29, 0.717) is 25.2 Å².